The van der Waals surface area contributed by atoms with Crippen LogP contribution >= 0.6 is 0 Å². The van der Waals surface area contributed by atoms with Gasteiger partial charge in [-0.2, -0.15) is 0 Å². The van der Waals surface area contributed by atoms with Crippen molar-refractivity contribution in [3.8, 4) is 0 Å². The molecule has 0 spiro atoms. The molecule has 0 saturated carbocycles. The van der Waals surface area contributed by atoms with Gasteiger partial charge in [0.15, 0.2) is 0 Å². The zero-order valence-corrected chi connectivity index (χ0v) is 12.7. The summed E-state index contributed by atoms with van der Waals surface area (Å²) in [5.41, 5.74) is 3.51. The predicted molar refractivity (Wildman–Crippen MR) is 87.2 cm³/mol. The molecule has 0 fully saturated rings. The van der Waals surface area contributed by atoms with Crippen LogP contribution in [0.4, 0.5) is 4.39 Å². The molecule has 0 bridgehead atoms. The monoisotopic (exact) mass is 309 g/mol. The highest BCUT2D eigenvalue weighted by Crippen LogP contribution is 2.08. The lowest BCUT2D eigenvalue weighted by Gasteiger charge is -1.98. The lowest BCUT2D eigenvalue weighted by Crippen LogP contribution is -2.20. The average Bonchev–Trinajstić information content (AvgIpc) is 2.97. The number of aryl methyl sites for hydroxylation is 1. The molecule has 0 saturated heterocycles. The van der Waals surface area contributed by atoms with Crippen molar-refractivity contribution >= 4 is 17.6 Å². The number of benzene rings is 1. The average molecular weight is 309 g/mol. The molecule has 5 heteroatoms. The van der Waals surface area contributed by atoms with Crippen molar-refractivity contribution in [2.75, 3.05) is 0 Å². The molecule has 23 heavy (non-hydrogen) atoms. The van der Waals surface area contributed by atoms with Gasteiger partial charge < -0.3 is 9.72 Å². The van der Waals surface area contributed by atoms with Gasteiger partial charge in [-0.1, -0.05) is 18.2 Å². The van der Waals surface area contributed by atoms with Crippen molar-refractivity contribution in [3.05, 3.63) is 77.5 Å². The molecule has 2 aromatic heterocycles. The Balaban J connectivity index is 1.61. The summed E-state index contributed by atoms with van der Waals surface area (Å²) in [6.07, 6.45) is 4.98. The minimum Gasteiger partial charge on any atom is -0.347 e. The molecule has 0 aliphatic carbocycles. The zero-order chi connectivity index (χ0) is 16.2. The van der Waals surface area contributed by atoms with Gasteiger partial charge in [-0.05, 0) is 42.8 Å². The number of nitrogens with one attached hydrogen (secondary N) is 1. The zero-order valence-electron chi connectivity index (χ0n) is 12.7. The fraction of sp³-hybridized carbons (Fsp3) is 0.111. The maximum absolute atomic E-state index is 12.8. The lowest BCUT2D eigenvalue weighted by atomic mass is 10.2. The summed E-state index contributed by atoms with van der Waals surface area (Å²) in [6.45, 7) is 2.36. The molecule has 4 nitrogen and oxygen atoms in total. The van der Waals surface area contributed by atoms with E-state index in [1.165, 1.54) is 18.2 Å². The van der Waals surface area contributed by atoms with E-state index in [0.29, 0.717) is 6.54 Å². The first kappa shape index (κ1) is 15.0. The van der Waals surface area contributed by atoms with E-state index in [1.54, 1.807) is 18.2 Å². The number of fused-ring (bicyclic) bond motifs is 1. The Bertz CT molecular complexity index is 866. The van der Waals surface area contributed by atoms with E-state index in [1.807, 2.05) is 35.7 Å². The topological polar surface area (TPSA) is 46.4 Å². The van der Waals surface area contributed by atoms with Crippen LogP contribution in [0.5, 0.6) is 0 Å². The van der Waals surface area contributed by atoms with Crippen molar-refractivity contribution in [2.45, 2.75) is 13.5 Å². The molecule has 0 unspecified atom stereocenters. The van der Waals surface area contributed by atoms with Crippen LogP contribution in [0.1, 0.15) is 17.0 Å². The van der Waals surface area contributed by atoms with E-state index in [-0.39, 0.29) is 11.7 Å². The number of pyridine rings is 1. The number of imidazole rings is 1. The molecule has 0 radical (unpaired) electrons. The van der Waals surface area contributed by atoms with Crippen molar-refractivity contribution in [2.24, 2.45) is 0 Å². The summed E-state index contributed by atoms with van der Waals surface area (Å²) in [4.78, 5) is 16.3. The van der Waals surface area contributed by atoms with Gasteiger partial charge in [-0.3, -0.25) is 4.79 Å². The Labute approximate surface area is 133 Å². The van der Waals surface area contributed by atoms with Crippen LogP contribution < -0.4 is 5.32 Å². The summed E-state index contributed by atoms with van der Waals surface area (Å²) < 4.78 is 14.8. The van der Waals surface area contributed by atoms with E-state index in [0.717, 1.165) is 22.6 Å². The molecule has 1 amide bonds. The molecule has 1 N–H and O–H groups in total. The maximum Gasteiger partial charge on any atom is 0.244 e. The number of amides is 1. The third-order valence-electron chi connectivity index (χ3n) is 3.49. The van der Waals surface area contributed by atoms with Gasteiger partial charge in [0.2, 0.25) is 5.91 Å². The highest BCUT2D eigenvalue weighted by atomic mass is 19.1. The number of carbonyl (C=O) groups excluding carboxylic acids is 1. The van der Waals surface area contributed by atoms with E-state index in [9.17, 15) is 9.18 Å². The van der Waals surface area contributed by atoms with Gasteiger partial charge >= 0.3 is 0 Å². The predicted octanol–water partition coefficient (Wildman–Crippen LogP) is 3.11. The Kier molecular flexibility index (Phi) is 4.19. The van der Waals surface area contributed by atoms with Crippen molar-refractivity contribution in [1.29, 1.82) is 0 Å². The molecule has 3 rings (SSSR count). The molecular formula is C18H16FN3O. The molecule has 1 aromatic carbocycles. The van der Waals surface area contributed by atoms with Gasteiger partial charge in [0.05, 0.1) is 12.2 Å². The van der Waals surface area contributed by atoms with Crippen LogP contribution in [0.15, 0.2) is 54.7 Å². The number of carbonyl (C=O) groups is 1. The first-order chi connectivity index (χ1) is 11.1. The summed E-state index contributed by atoms with van der Waals surface area (Å²) in [7, 11) is 0. The number of rotatable bonds is 4. The third kappa shape index (κ3) is 3.63. The van der Waals surface area contributed by atoms with E-state index in [2.05, 4.69) is 10.3 Å². The van der Waals surface area contributed by atoms with Gasteiger partial charge in [0.25, 0.3) is 0 Å². The Morgan fingerprint density at radius 3 is 2.78 bits per heavy atom. The van der Waals surface area contributed by atoms with Crippen LogP contribution in [0.25, 0.3) is 11.7 Å². The normalized spacial score (nSPS) is 11.2. The van der Waals surface area contributed by atoms with Crippen molar-refractivity contribution < 1.29 is 9.18 Å². The molecule has 116 valence electrons. The molecule has 0 aliphatic rings. The summed E-state index contributed by atoms with van der Waals surface area (Å²) in [6, 6.07) is 11.8. The largest absolute Gasteiger partial charge is 0.347 e. The SMILES string of the molecule is Cc1cccc2nc(CNC(=O)/C=C/c3ccc(F)cc3)cn12. The highest BCUT2D eigenvalue weighted by molar-refractivity contribution is 5.91. The van der Waals surface area contributed by atoms with Crippen LogP contribution in [0.3, 0.4) is 0 Å². The first-order valence-corrected chi connectivity index (χ1v) is 7.27. The van der Waals surface area contributed by atoms with Crippen molar-refractivity contribution in [3.63, 3.8) is 0 Å². The van der Waals surface area contributed by atoms with E-state index >= 15 is 0 Å². The van der Waals surface area contributed by atoms with E-state index in [4.69, 9.17) is 0 Å². The van der Waals surface area contributed by atoms with Crippen molar-refractivity contribution in [1.82, 2.24) is 14.7 Å². The Hall–Kier alpha value is -2.95. The van der Waals surface area contributed by atoms with Crippen LogP contribution in [0.2, 0.25) is 0 Å². The first-order valence-electron chi connectivity index (χ1n) is 7.27. The minimum absolute atomic E-state index is 0.219. The smallest absolute Gasteiger partial charge is 0.244 e. The highest BCUT2D eigenvalue weighted by Gasteiger charge is 2.04. The van der Waals surface area contributed by atoms with Gasteiger partial charge in [-0.25, -0.2) is 9.37 Å². The van der Waals surface area contributed by atoms with Gasteiger partial charge in [0, 0.05) is 18.0 Å². The summed E-state index contributed by atoms with van der Waals surface area (Å²) >= 11 is 0. The van der Waals surface area contributed by atoms with Crippen LogP contribution in [-0.4, -0.2) is 15.3 Å². The minimum atomic E-state index is -0.297. The summed E-state index contributed by atoms with van der Waals surface area (Å²) in [5.74, 6) is -0.517. The Morgan fingerprint density at radius 1 is 1.26 bits per heavy atom. The molecule has 3 aromatic rings. The standard InChI is InChI=1S/C18H16FN3O/c1-13-3-2-4-17-21-16(12-22(13)17)11-20-18(23)10-7-14-5-8-15(19)9-6-14/h2-10,12H,11H2,1H3,(H,20,23)/b10-7+. The fourth-order valence-corrected chi connectivity index (χ4v) is 2.27. The summed E-state index contributed by atoms with van der Waals surface area (Å²) in [5, 5.41) is 2.79. The molecular weight excluding hydrogens is 293 g/mol. The quantitative estimate of drug-likeness (QED) is 0.753. The molecule has 0 atom stereocenters. The van der Waals surface area contributed by atoms with Crippen LogP contribution in [0, 0.1) is 12.7 Å². The second-order valence-corrected chi connectivity index (χ2v) is 5.23. The van der Waals surface area contributed by atoms with E-state index < -0.39 is 0 Å². The van der Waals surface area contributed by atoms with Gasteiger partial charge in [0.1, 0.15) is 11.5 Å². The number of nitrogens with zero attached hydrogens (tertiary/aromatic N) is 2. The number of hydrogen-bond acceptors (Lipinski definition) is 2. The third-order valence-corrected chi connectivity index (χ3v) is 3.49. The fourth-order valence-electron chi connectivity index (χ4n) is 2.27. The number of aromatic nitrogens is 2. The second-order valence-electron chi connectivity index (χ2n) is 5.23. The Morgan fingerprint density at radius 2 is 2.04 bits per heavy atom. The molecule has 0 aliphatic heterocycles. The number of halogens is 1. The maximum atomic E-state index is 12.8. The van der Waals surface area contributed by atoms with Crippen LogP contribution in [-0.2, 0) is 11.3 Å². The lowest BCUT2D eigenvalue weighted by molar-refractivity contribution is -0.116. The number of hydrogen-bond donors (Lipinski definition) is 1. The second kappa shape index (κ2) is 6.44. The molecule has 2 heterocycles. The van der Waals surface area contributed by atoms with Gasteiger partial charge in [-0.15, -0.1) is 0 Å².